The molecular weight excluding hydrogens is 146 g/mol. The van der Waals surface area contributed by atoms with E-state index in [9.17, 15) is 0 Å². The highest BCUT2D eigenvalue weighted by Crippen LogP contribution is 1.90. The van der Waals surface area contributed by atoms with Crippen molar-refractivity contribution in [2.45, 2.75) is 33.1 Å². The van der Waals surface area contributed by atoms with Gasteiger partial charge in [0.1, 0.15) is 0 Å². The van der Waals surface area contributed by atoms with E-state index in [0.29, 0.717) is 6.42 Å². The van der Waals surface area contributed by atoms with Gasteiger partial charge in [0.15, 0.2) is 0 Å². The van der Waals surface area contributed by atoms with E-state index in [0.717, 1.165) is 18.4 Å². The molecule has 62 valence electrons. The van der Waals surface area contributed by atoms with Crippen molar-refractivity contribution >= 4 is 0 Å². The van der Waals surface area contributed by atoms with Crippen molar-refractivity contribution < 1.29 is 0 Å². The zero-order valence-electron chi connectivity index (χ0n) is 7.65. The monoisotopic (exact) mass is 159 g/mol. The van der Waals surface area contributed by atoms with E-state index in [4.69, 9.17) is 5.26 Å². The number of allylic oxidation sites excluding steroid dienone is 1. The van der Waals surface area contributed by atoms with Crippen molar-refractivity contribution in [3.8, 4) is 17.9 Å². The van der Waals surface area contributed by atoms with Gasteiger partial charge in [-0.25, -0.2) is 0 Å². The van der Waals surface area contributed by atoms with Crippen molar-refractivity contribution in [3.63, 3.8) is 0 Å². The van der Waals surface area contributed by atoms with Gasteiger partial charge in [0.2, 0.25) is 0 Å². The third-order valence-electron chi connectivity index (χ3n) is 1.13. The van der Waals surface area contributed by atoms with E-state index in [1.54, 1.807) is 6.08 Å². The standard InChI is InChI=1S/C11H13N/c1-11(2)9-7-5-3-4-6-8-10-12/h7H,4,6,8H2,1-2H3. The fourth-order valence-electron chi connectivity index (χ4n) is 0.559. The Morgan fingerprint density at radius 2 is 2.08 bits per heavy atom. The van der Waals surface area contributed by atoms with Crippen LogP contribution >= 0.6 is 0 Å². The van der Waals surface area contributed by atoms with E-state index in [1.165, 1.54) is 0 Å². The van der Waals surface area contributed by atoms with E-state index in [2.05, 4.69) is 23.6 Å². The highest BCUT2D eigenvalue weighted by molar-refractivity contribution is 5.16. The van der Waals surface area contributed by atoms with Gasteiger partial charge < -0.3 is 0 Å². The smallest absolute Gasteiger partial charge is 0.0622 e. The normalized spacial score (nSPS) is 7.08. The fourth-order valence-corrected chi connectivity index (χ4v) is 0.559. The predicted octanol–water partition coefficient (Wildman–Crippen LogP) is 2.80. The quantitative estimate of drug-likeness (QED) is 0.345. The van der Waals surface area contributed by atoms with Crippen LogP contribution in [0.5, 0.6) is 0 Å². The predicted molar refractivity (Wildman–Crippen MR) is 50.2 cm³/mol. The highest BCUT2D eigenvalue weighted by Gasteiger charge is 1.78. The molecule has 0 fully saturated rings. The molecule has 0 heterocycles. The number of nitrogens with zero attached hydrogens (tertiary/aromatic N) is 1. The lowest BCUT2D eigenvalue weighted by atomic mass is 10.2. The molecule has 0 aromatic heterocycles. The first-order chi connectivity index (χ1) is 5.77. The third-order valence-corrected chi connectivity index (χ3v) is 1.13. The Morgan fingerprint density at radius 1 is 1.33 bits per heavy atom. The molecule has 0 saturated heterocycles. The largest absolute Gasteiger partial charge is 0.198 e. The Balaban J connectivity index is 3.63. The number of rotatable bonds is 2. The van der Waals surface area contributed by atoms with Gasteiger partial charge in [-0.3, -0.25) is 0 Å². The molecule has 0 aromatic rings. The average molecular weight is 159 g/mol. The van der Waals surface area contributed by atoms with Gasteiger partial charge >= 0.3 is 0 Å². The summed E-state index contributed by atoms with van der Waals surface area (Å²) in [6.07, 6.45) is 3.99. The lowest BCUT2D eigenvalue weighted by molar-refractivity contribution is 0.894. The van der Waals surface area contributed by atoms with Gasteiger partial charge in [0.05, 0.1) is 6.07 Å². The molecule has 0 saturated carbocycles. The first-order valence-corrected chi connectivity index (χ1v) is 4.01. The van der Waals surface area contributed by atoms with Crippen molar-refractivity contribution in [3.05, 3.63) is 17.4 Å². The summed E-state index contributed by atoms with van der Waals surface area (Å²) in [6, 6.07) is 2.08. The minimum atomic E-state index is 0.598. The van der Waals surface area contributed by atoms with Gasteiger partial charge in [0.25, 0.3) is 0 Å². The van der Waals surface area contributed by atoms with Crippen LogP contribution in [0, 0.1) is 23.2 Å². The molecule has 0 aliphatic rings. The molecule has 1 heteroatoms. The lowest BCUT2D eigenvalue weighted by Crippen LogP contribution is -1.67. The first kappa shape index (κ1) is 10.6. The molecule has 0 aliphatic heterocycles. The van der Waals surface area contributed by atoms with Crippen LogP contribution in [-0.2, 0) is 0 Å². The van der Waals surface area contributed by atoms with Crippen LogP contribution in [0.4, 0.5) is 0 Å². The Hall–Kier alpha value is -1.43. The summed E-state index contributed by atoms with van der Waals surface area (Å²) in [5, 5.41) is 8.22. The fraction of sp³-hybridized carbons (Fsp3) is 0.455. The van der Waals surface area contributed by atoms with Crippen LogP contribution in [0.3, 0.4) is 0 Å². The summed E-state index contributed by atoms with van der Waals surface area (Å²) in [7, 11) is 0. The van der Waals surface area contributed by atoms with Crippen LogP contribution in [-0.4, -0.2) is 0 Å². The molecule has 0 atom stereocenters. The van der Waals surface area contributed by atoms with E-state index in [1.807, 2.05) is 13.8 Å². The Bertz CT molecular complexity index is 270. The summed E-state index contributed by atoms with van der Waals surface area (Å²) in [5.74, 6) is 5.80. The molecule has 0 unspecified atom stereocenters. The molecule has 0 rings (SSSR count). The third kappa shape index (κ3) is 8.57. The van der Waals surface area contributed by atoms with Crippen LogP contribution in [0.1, 0.15) is 33.1 Å². The van der Waals surface area contributed by atoms with Crippen molar-refractivity contribution in [1.82, 2.24) is 0 Å². The van der Waals surface area contributed by atoms with Crippen molar-refractivity contribution in [2.75, 3.05) is 0 Å². The van der Waals surface area contributed by atoms with Gasteiger partial charge in [-0.05, 0) is 25.8 Å². The number of nitriles is 1. The molecule has 0 N–H and O–H groups in total. The van der Waals surface area contributed by atoms with Gasteiger partial charge in [-0.15, -0.1) is 5.73 Å². The van der Waals surface area contributed by atoms with Crippen LogP contribution in [0.2, 0.25) is 0 Å². The Kier molecular flexibility index (Phi) is 6.76. The van der Waals surface area contributed by atoms with Crippen molar-refractivity contribution in [2.24, 2.45) is 0 Å². The molecule has 0 bridgehead atoms. The molecule has 0 radical (unpaired) electrons. The zero-order chi connectivity index (χ0) is 9.23. The molecular formula is C11H13N. The zero-order valence-corrected chi connectivity index (χ0v) is 7.65. The minimum absolute atomic E-state index is 0.598. The molecule has 0 amide bonds. The summed E-state index contributed by atoms with van der Waals surface area (Å²) in [6.45, 7) is 3.96. The highest BCUT2D eigenvalue weighted by atomic mass is 14.2. The van der Waals surface area contributed by atoms with Gasteiger partial charge in [-0.2, -0.15) is 5.26 Å². The minimum Gasteiger partial charge on any atom is -0.198 e. The number of unbranched alkanes of at least 4 members (excludes halogenated alkanes) is 2. The summed E-state index contributed by atoms with van der Waals surface area (Å²) in [5.41, 5.74) is 4.12. The molecule has 0 aromatic carbocycles. The second-order valence-corrected chi connectivity index (χ2v) is 2.62. The molecule has 0 spiro atoms. The topological polar surface area (TPSA) is 23.8 Å². The van der Waals surface area contributed by atoms with Gasteiger partial charge in [-0.1, -0.05) is 11.8 Å². The lowest BCUT2D eigenvalue weighted by Gasteiger charge is -1.79. The number of hydrogen-bond donors (Lipinski definition) is 0. The SMILES string of the molecule is CC(C)=C=CC#CCCCC#N. The molecule has 0 aliphatic carbocycles. The van der Waals surface area contributed by atoms with Crippen LogP contribution in [0.15, 0.2) is 17.4 Å². The maximum absolute atomic E-state index is 8.22. The van der Waals surface area contributed by atoms with E-state index >= 15 is 0 Å². The van der Waals surface area contributed by atoms with Crippen LogP contribution in [0.25, 0.3) is 0 Å². The van der Waals surface area contributed by atoms with E-state index in [-0.39, 0.29) is 0 Å². The van der Waals surface area contributed by atoms with Crippen LogP contribution < -0.4 is 0 Å². The summed E-state index contributed by atoms with van der Waals surface area (Å²) in [4.78, 5) is 0. The maximum atomic E-state index is 8.22. The first-order valence-electron chi connectivity index (χ1n) is 4.01. The Morgan fingerprint density at radius 3 is 2.67 bits per heavy atom. The Labute approximate surface area is 74.4 Å². The van der Waals surface area contributed by atoms with Gasteiger partial charge in [0, 0.05) is 18.9 Å². The second kappa shape index (κ2) is 7.67. The molecule has 1 nitrogen and oxygen atoms in total. The second-order valence-electron chi connectivity index (χ2n) is 2.62. The van der Waals surface area contributed by atoms with Crippen molar-refractivity contribution in [1.29, 1.82) is 5.26 Å². The number of hydrogen-bond acceptors (Lipinski definition) is 1. The average Bonchev–Trinajstić information content (AvgIpc) is 2.02. The summed E-state index contributed by atoms with van der Waals surface area (Å²) >= 11 is 0. The van der Waals surface area contributed by atoms with E-state index < -0.39 is 0 Å². The maximum Gasteiger partial charge on any atom is 0.0622 e. The summed E-state index contributed by atoms with van der Waals surface area (Å²) < 4.78 is 0. The molecule has 12 heavy (non-hydrogen) atoms.